The number of nitrogens with zero attached hydrogens (tertiary/aromatic N) is 1. The molecule has 0 spiro atoms. The molecule has 0 aliphatic carbocycles. The van der Waals surface area contributed by atoms with Crippen molar-refractivity contribution in [2.75, 3.05) is 11.9 Å². The van der Waals surface area contributed by atoms with Crippen molar-refractivity contribution in [3.05, 3.63) is 65.0 Å². The molecule has 0 saturated carbocycles. The number of amides is 2. The van der Waals surface area contributed by atoms with Crippen molar-refractivity contribution in [2.45, 2.75) is 12.3 Å². The summed E-state index contributed by atoms with van der Waals surface area (Å²) in [6, 6.07) is 17.2. The minimum atomic E-state index is -0.533. The summed E-state index contributed by atoms with van der Waals surface area (Å²) < 4.78 is 10.00. The van der Waals surface area contributed by atoms with Crippen LogP contribution in [0.5, 0.6) is 5.75 Å². The smallest absolute Gasteiger partial charge is 0.255 e. The number of carbonyl (C=O) groups is 2. The lowest BCUT2D eigenvalue weighted by molar-refractivity contribution is -0.120. The van der Waals surface area contributed by atoms with E-state index in [1.807, 2.05) is 48.5 Å². The van der Waals surface area contributed by atoms with Crippen LogP contribution < -0.4 is 15.8 Å². The Morgan fingerprint density at radius 2 is 2.04 bits per heavy atom. The minimum Gasteiger partial charge on any atom is -0.484 e. The monoisotopic (exact) mass is 379 g/mol. The lowest BCUT2D eigenvalue weighted by atomic mass is 9.89. The van der Waals surface area contributed by atoms with Crippen LogP contribution in [0.25, 0.3) is 11.3 Å². The van der Waals surface area contributed by atoms with E-state index >= 15 is 0 Å². The quantitative estimate of drug-likeness (QED) is 0.712. The van der Waals surface area contributed by atoms with E-state index in [2.05, 4.69) is 9.69 Å². The first-order valence-electron chi connectivity index (χ1n) is 8.47. The average molecular weight is 379 g/mol. The van der Waals surface area contributed by atoms with E-state index in [4.69, 9.17) is 10.5 Å². The van der Waals surface area contributed by atoms with Gasteiger partial charge in [-0.25, -0.2) is 0 Å². The number of hydrogen-bond donors (Lipinski definition) is 2. The first-order valence-corrected chi connectivity index (χ1v) is 9.25. The maximum Gasteiger partial charge on any atom is 0.255 e. The second kappa shape index (κ2) is 7.20. The second-order valence-corrected chi connectivity index (χ2v) is 7.07. The van der Waals surface area contributed by atoms with Gasteiger partial charge in [0.05, 0.1) is 10.6 Å². The van der Waals surface area contributed by atoms with Gasteiger partial charge in [-0.1, -0.05) is 42.5 Å². The number of aromatic nitrogens is 1. The third kappa shape index (κ3) is 3.54. The van der Waals surface area contributed by atoms with Gasteiger partial charge >= 0.3 is 0 Å². The summed E-state index contributed by atoms with van der Waals surface area (Å²) in [5.41, 5.74) is 8.61. The molecule has 6 nitrogen and oxygen atoms in total. The topological polar surface area (TPSA) is 94.3 Å². The van der Waals surface area contributed by atoms with Crippen LogP contribution in [-0.2, 0) is 9.59 Å². The molecule has 2 heterocycles. The van der Waals surface area contributed by atoms with E-state index in [1.165, 1.54) is 11.5 Å². The molecule has 136 valence electrons. The molecule has 0 radical (unpaired) electrons. The Kier molecular flexibility index (Phi) is 4.60. The SMILES string of the molecule is NC(=O)COc1cccc([C@@H]2CC(=O)Nc3c(-c4ccccc4)nsc32)c1. The molecule has 7 heteroatoms. The van der Waals surface area contributed by atoms with Crippen LogP contribution in [0.4, 0.5) is 5.69 Å². The fourth-order valence-corrected chi connectivity index (χ4v) is 4.14. The van der Waals surface area contributed by atoms with E-state index in [0.29, 0.717) is 12.2 Å². The fraction of sp³-hybridized carbons (Fsp3) is 0.150. The van der Waals surface area contributed by atoms with E-state index < -0.39 is 5.91 Å². The first kappa shape index (κ1) is 17.2. The Balaban J connectivity index is 1.70. The summed E-state index contributed by atoms with van der Waals surface area (Å²) in [5, 5.41) is 2.98. The van der Waals surface area contributed by atoms with Gasteiger partial charge in [0.15, 0.2) is 6.61 Å². The predicted molar refractivity (Wildman–Crippen MR) is 104 cm³/mol. The van der Waals surface area contributed by atoms with Crippen molar-refractivity contribution in [3.63, 3.8) is 0 Å². The Labute approximate surface area is 160 Å². The van der Waals surface area contributed by atoms with Gasteiger partial charge in [-0.3, -0.25) is 9.59 Å². The number of benzene rings is 2. The van der Waals surface area contributed by atoms with E-state index in [1.54, 1.807) is 6.07 Å². The highest BCUT2D eigenvalue weighted by molar-refractivity contribution is 7.07. The van der Waals surface area contributed by atoms with Crippen LogP contribution in [0, 0.1) is 0 Å². The summed E-state index contributed by atoms with van der Waals surface area (Å²) in [6.07, 6.45) is 0.336. The molecule has 3 N–H and O–H groups in total. The highest BCUT2D eigenvalue weighted by atomic mass is 32.1. The number of nitrogens with two attached hydrogens (primary N) is 1. The number of nitrogens with one attached hydrogen (secondary N) is 1. The molecule has 1 atom stereocenters. The van der Waals surface area contributed by atoms with Crippen LogP contribution in [0.3, 0.4) is 0 Å². The second-order valence-electron chi connectivity index (χ2n) is 6.27. The highest BCUT2D eigenvalue weighted by Crippen LogP contribution is 2.45. The molecular weight excluding hydrogens is 362 g/mol. The molecule has 1 aromatic heterocycles. The standard InChI is InChI=1S/C20H17N3O3S/c21-16(24)11-26-14-8-4-7-13(9-14)15-10-17(25)22-19-18(23-27-20(15)19)12-5-2-1-3-6-12/h1-9,15H,10-11H2,(H2,21,24)(H,22,25)/t15-/m0/s1. The number of ether oxygens (including phenoxy) is 1. The molecule has 27 heavy (non-hydrogen) atoms. The molecule has 0 fully saturated rings. The van der Waals surface area contributed by atoms with Crippen molar-refractivity contribution in [2.24, 2.45) is 5.73 Å². The van der Waals surface area contributed by atoms with Gasteiger partial charge in [0.2, 0.25) is 5.91 Å². The molecule has 2 aromatic carbocycles. The zero-order valence-electron chi connectivity index (χ0n) is 14.3. The van der Waals surface area contributed by atoms with Gasteiger partial charge in [0.1, 0.15) is 11.4 Å². The maximum absolute atomic E-state index is 12.4. The van der Waals surface area contributed by atoms with Gasteiger partial charge < -0.3 is 15.8 Å². The van der Waals surface area contributed by atoms with Crippen molar-refractivity contribution < 1.29 is 14.3 Å². The summed E-state index contributed by atoms with van der Waals surface area (Å²) >= 11 is 1.40. The van der Waals surface area contributed by atoms with Gasteiger partial charge in [-0.2, -0.15) is 4.37 Å². The van der Waals surface area contributed by atoms with Crippen LogP contribution in [0.2, 0.25) is 0 Å². The largest absolute Gasteiger partial charge is 0.484 e. The third-order valence-electron chi connectivity index (χ3n) is 4.38. The van der Waals surface area contributed by atoms with Gasteiger partial charge in [-0.05, 0) is 29.2 Å². The summed E-state index contributed by atoms with van der Waals surface area (Å²) in [4.78, 5) is 24.3. The zero-order valence-corrected chi connectivity index (χ0v) is 15.2. The number of hydrogen-bond acceptors (Lipinski definition) is 5. The molecule has 4 rings (SSSR count). The van der Waals surface area contributed by atoms with Crippen LogP contribution in [0.15, 0.2) is 54.6 Å². The Morgan fingerprint density at radius 3 is 2.81 bits per heavy atom. The first-order chi connectivity index (χ1) is 13.1. The van der Waals surface area contributed by atoms with E-state index in [9.17, 15) is 9.59 Å². The maximum atomic E-state index is 12.4. The molecule has 0 unspecified atom stereocenters. The Bertz CT molecular complexity index is 1000. The molecule has 0 saturated heterocycles. The average Bonchev–Trinajstić information content (AvgIpc) is 3.10. The Morgan fingerprint density at radius 1 is 1.22 bits per heavy atom. The van der Waals surface area contributed by atoms with Crippen molar-refractivity contribution >= 4 is 29.0 Å². The molecular formula is C20H17N3O3S. The summed E-state index contributed by atoms with van der Waals surface area (Å²) in [6.45, 7) is -0.182. The normalized spacial score (nSPS) is 15.7. The minimum absolute atomic E-state index is 0.0478. The number of primary amides is 1. The fourth-order valence-electron chi connectivity index (χ4n) is 3.17. The lowest BCUT2D eigenvalue weighted by Crippen LogP contribution is -2.22. The van der Waals surface area contributed by atoms with Crippen LogP contribution in [-0.4, -0.2) is 22.8 Å². The summed E-state index contributed by atoms with van der Waals surface area (Å²) in [7, 11) is 0. The number of rotatable bonds is 5. The Hall–Kier alpha value is -3.19. The van der Waals surface area contributed by atoms with Gasteiger partial charge in [0, 0.05) is 17.9 Å². The highest BCUT2D eigenvalue weighted by Gasteiger charge is 2.31. The molecule has 3 aromatic rings. The van der Waals surface area contributed by atoms with E-state index in [0.717, 1.165) is 27.4 Å². The van der Waals surface area contributed by atoms with Crippen LogP contribution in [0.1, 0.15) is 22.8 Å². The zero-order chi connectivity index (χ0) is 18.8. The predicted octanol–water partition coefficient (Wildman–Crippen LogP) is 3.15. The van der Waals surface area contributed by atoms with E-state index in [-0.39, 0.29) is 18.4 Å². The molecule has 1 aliphatic rings. The van der Waals surface area contributed by atoms with Gasteiger partial charge in [-0.15, -0.1) is 0 Å². The number of anilines is 1. The molecule has 2 amide bonds. The number of fused-ring (bicyclic) bond motifs is 1. The van der Waals surface area contributed by atoms with Crippen molar-refractivity contribution in [3.8, 4) is 17.0 Å². The van der Waals surface area contributed by atoms with Crippen molar-refractivity contribution in [1.82, 2.24) is 4.37 Å². The van der Waals surface area contributed by atoms with Gasteiger partial charge in [0.25, 0.3) is 5.91 Å². The molecule has 0 bridgehead atoms. The number of carbonyl (C=O) groups excluding carboxylic acids is 2. The third-order valence-corrected chi connectivity index (χ3v) is 5.34. The summed E-state index contributed by atoms with van der Waals surface area (Å²) in [5.74, 6) is -0.143. The van der Waals surface area contributed by atoms with Crippen LogP contribution >= 0.6 is 11.5 Å². The lowest BCUT2D eigenvalue weighted by Gasteiger charge is -2.23. The van der Waals surface area contributed by atoms with Crippen molar-refractivity contribution in [1.29, 1.82) is 0 Å². The molecule has 1 aliphatic heterocycles.